The zero-order valence-corrected chi connectivity index (χ0v) is 15.1. The molecule has 5 nitrogen and oxygen atoms in total. The van der Waals surface area contributed by atoms with Gasteiger partial charge in [-0.2, -0.15) is 0 Å². The molecule has 132 valence electrons. The van der Waals surface area contributed by atoms with E-state index in [9.17, 15) is 9.59 Å². The molecule has 1 saturated heterocycles. The largest absolute Gasteiger partial charge is 0.497 e. The summed E-state index contributed by atoms with van der Waals surface area (Å²) < 4.78 is 5.14. The molecule has 24 heavy (non-hydrogen) atoms. The van der Waals surface area contributed by atoms with Crippen LogP contribution < -0.4 is 10.1 Å². The third kappa shape index (κ3) is 4.73. The number of benzene rings is 1. The third-order valence-electron chi connectivity index (χ3n) is 4.41. The Labute approximate surface area is 144 Å². The monoisotopic (exact) mass is 332 g/mol. The summed E-state index contributed by atoms with van der Waals surface area (Å²) in [5.41, 5.74) is 1.00. The smallest absolute Gasteiger partial charge is 0.225 e. The van der Waals surface area contributed by atoms with Crippen LogP contribution in [-0.4, -0.2) is 42.5 Å². The molecular formula is C19H28N2O3. The van der Waals surface area contributed by atoms with Crippen LogP contribution in [0.4, 0.5) is 0 Å². The second-order valence-electron chi connectivity index (χ2n) is 7.32. The molecule has 0 aliphatic carbocycles. The summed E-state index contributed by atoms with van der Waals surface area (Å²) in [7, 11) is 1.65. The van der Waals surface area contributed by atoms with Crippen LogP contribution in [0.15, 0.2) is 24.3 Å². The molecule has 1 atom stereocenters. The van der Waals surface area contributed by atoms with Crippen molar-refractivity contribution >= 4 is 11.8 Å². The predicted molar refractivity (Wildman–Crippen MR) is 93.9 cm³/mol. The quantitative estimate of drug-likeness (QED) is 0.814. The number of amides is 2. The van der Waals surface area contributed by atoms with Crippen LogP contribution in [0, 0.1) is 5.92 Å². The van der Waals surface area contributed by atoms with Crippen LogP contribution in [0.5, 0.6) is 5.75 Å². The number of methoxy groups -OCH3 is 1. The minimum Gasteiger partial charge on any atom is -0.497 e. The number of carbonyl (C=O) groups is 2. The van der Waals surface area contributed by atoms with E-state index in [1.54, 1.807) is 12.0 Å². The molecule has 1 heterocycles. The fourth-order valence-electron chi connectivity index (χ4n) is 2.97. The van der Waals surface area contributed by atoms with Gasteiger partial charge in [-0.1, -0.05) is 12.1 Å². The molecule has 2 rings (SSSR count). The standard InChI is InChI=1S/C19H28N2O3/c1-19(2,3)21-13-15(12-17(21)22)18(23)20-11-5-6-14-7-9-16(24-4)10-8-14/h7-10,15H,5-6,11-13H2,1-4H3,(H,20,23)/t15-/m0/s1. The van der Waals surface area contributed by atoms with E-state index in [-0.39, 0.29) is 23.3 Å². The fraction of sp³-hybridized carbons (Fsp3) is 0.579. The van der Waals surface area contributed by atoms with Gasteiger partial charge >= 0.3 is 0 Å². The lowest BCUT2D eigenvalue weighted by molar-refractivity contribution is -0.132. The molecule has 1 N–H and O–H groups in total. The third-order valence-corrected chi connectivity index (χ3v) is 4.41. The molecule has 0 saturated carbocycles. The van der Waals surface area contributed by atoms with Gasteiger partial charge in [-0.15, -0.1) is 0 Å². The molecule has 1 aromatic rings. The number of nitrogens with zero attached hydrogens (tertiary/aromatic N) is 1. The van der Waals surface area contributed by atoms with E-state index in [4.69, 9.17) is 4.74 Å². The van der Waals surface area contributed by atoms with Gasteiger partial charge in [-0.3, -0.25) is 9.59 Å². The zero-order valence-electron chi connectivity index (χ0n) is 15.1. The van der Waals surface area contributed by atoms with Crippen molar-refractivity contribution in [1.82, 2.24) is 10.2 Å². The number of hydrogen-bond donors (Lipinski definition) is 1. The minimum atomic E-state index is -0.224. The van der Waals surface area contributed by atoms with Gasteiger partial charge in [-0.05, 0) is 51.3 Å². The van der Waals surface area contributed by atoms with Crippen molar-refractivity contribution in [1.29, 1.82) is 0 Å². The maximum atomic E-state index is 12.3. The predicted octanol–water partition coefficient (Wildman–Crippen LogP) is 2.39. The summed E-state index contributed by atoms with van der Waals surface area (Å²) in [6.45, 7) is 7.15. The van der Waals surface area contributed by atoms with Gasteiger partial charge in [-0.25, -0.2) is 0 Å². The number of carbonyl (C=O) groups excluding carboxylic acids is 2. The van der Waals surface area contributed by atoms with Gasteiger partial charge in [0.1, 0.15) is 5.75 Å². The highest BCUT2D eigenvalue weighted by Gasteiger charge is 2.39. The first kappa shape index (κ1) is 18.3. The first-order chi connectivity index (χ1) is 11.3. The Morgan fingerprint density at radius 1 is 1.29 bits per heavy atom. The molecule has 0 aromatic heterocycles. The first-order valence-electron chi connectivity index (χ1n) is 8.52. The number of ether oxygens (including phenoxy) is 1. The molecule has 2 amide bonds. The number of likely N-dealkylation sites (tertiary alicyclic amines) is 1. The van der Waals surface area contributed by atoms with E-state index in [0.717, 1.165) is 18.6 Å². The van der Waals surface area contributed by atoms with Crippen molar-refractivity contribution < 1.29 is 14.3 Å². The Balaban J connectivity index is 1.72. The van der Waals surface area contributed by atoms with Gasteiger partial charge < -0.3 is 15.0 Å². The van der Waals surface area contributed by atoms with Gasteiger partial charge in [0.15, 0.2) is 0 Å². The van der Waals surface area contributed by atoms with Crippen LogP contribution in [0.1, 0.15) is 39.2 Å². The normalized spacial score (nSPS) is 17.9. The van der Waals surface area contributed by atoms with Crippen molar-refractivity contribution in [3.63, 3.8) is 0 Å². The van der Waals surface area contributed by atoms with Crippen molar-refractivity contribution in [3.05, 3.63) is 29.8 Å². The molecule has 5 heteroatoms. The Hall–Kier alpha value is -2.04. The zero-order chi connectivity index (χ0) is 17.7. The average molecular weight is 332 g/mol. The van der Waals surface area contributed by atoms with Crippen molar-refractivity contribution in [2.75, 3.05) is 20.2 Å². The van der Waals surface area contributed by atoms with Crippen LogP contribution in [0.2, 0.25) is 0 Å². The first-order valence-corrected chi connectivity index (χ1v) is 8.52. The van der Waals surface area contributed by atoms with Crippen LogP contribution >= 0.6 is 0 Å². The van der Waals surface area contributed by atoms with Crippen LogP contribution in [0.25, 0.3) is 0 Å². The Morgan fingerprint density at radius 3 is 2.50 bits per heavy atom. The summed E-state index contributed by atoms with van der Waals surface area (Å²) >= 11 is 0. The van der Waals surface area contributed by atoms with Crippen molar-refractivity contribution in [2.45, 2.75) is 45.6 Å². The number of hydrogen-bond acceptors (Lipinski definition) is 3. The molecule has 1 fully saturated rings. The number of rotatable bonds is 6. The summed E-state index contributed by atoms with van der Waals surface area (Å²) in [5, 5.41) is 2.97. The van der Waals surface area contributed by atoms with Gasteiger partial charge in [0, 0.05) is 25.0 Å². The minimum absolute atomic E-state index is 0.00942. The SMILES string of the molecule is COc1ccc(CCCNC(=O)[C@H]2CC(=O)N(C(C)(C)C)C2)cc1. The van der Waals surface area contributed by atoms with Crippen LogP contribution in [0.3, 0.4) is 0 Å². The molecular weight excluding hydrogens is 304 g/mol. The van der Waals surface area contributed by atoms with E-state index in [0.29, 0.717) is 19.5 Å². The van der Waals surface area contributed by atoms with Gasteiger partial charge in [0.05, 0.1) is 13.0 Å². The highest BCUT2D eigenvalue weighted by Crippen LogP contribution is 2.25. The topological polar surface area (TPSA) is 58.6 Å². The van der Waals surface area contributed by atoms with E-state index in [2.05, 4.69) is 5.32 Å². The van der Waals surface area contributed by atoms with Crippen molar-refractivity contribution in [3.8, 4) is 5.75 Å². The van der Waals surface area contributed by atoms with Crippen LogP contribution in [-0.2, 0) is 16.0 Å². The summed E-state index contributed by atoms with van der Waals surface area (Å²) in [6, 6.07) is 7.97. The Morgan fingerprint density at radius 2 is 1.96 bits per heavy atom. The Kier molecular flexibility index (Phi) is 5.86. The maximum absolute atomic E-state index is 12.3. The Bertz CT molecular complexity index is 575. The highest BCUT2D eigenvalue weighted by molar-refractivity contribution is 5.89. The molecule has 0 radical (unpaired) electrons. The van der Waals surface area contributed by atoms with E-state index in [1.807, 2.05) is 45.0 Å². The second-order valence-corrected chi connectivity index (χ2v) is 7.32. The second kappa shape index (κ2) is 7.69. The average Bonchev–Trinajstić information content (AvgIpc) is 2.94. The lowest BCUT2D eigenvalue weighted by atomic mass is 10.1. The van der Waals surface area contributed by atoms with Crippen molar-refractivity contribution in [2.24, 2.45) is 5.92 Å². The number of aryl methyl sites for hydroxylation is 1. The summed E-state index contributed by atoms with van der Waals surface area (Å²) in [4.78, 5) is 26.1. The van der Waals surface area contributed by atoms with Gasteiger partial charge in [0.25, 0.3) is 0 Å². The van der Waals surface area contributed by atoms with E-state index < -0.39 is 0 Å². The highest BCUT2D eigenvalue weighted by atomic mass is 16.5. The molecule has 1 aliphatic heterocycles. The lowest BCUT2D eigenvalue weighted by Crippen LogP contribution is -2.43. The molecule has 1 aromatic carbocycles. The number of nitrogens with one attached hydrogen (secondary N) is 1. The molecule has 0 spiro atoms. The summed E-state index contributed by atoms with van der Waals surface area (Å²) in [5.74, 6) is 0.685. The lowest BCUT2D eigenvalue weighted by Gasteiger charge is -2.31. The van der Waals surface area contributed by atoms with E-state index in [1.165, 1.54) is 5.56 Å². The molecule has 0 bridgehead atoms. The molecule has 0 unspecified atom stereocenters. The fourth-order valence-corrected chi connectivity index (χ4v) is 2.97. The maximum Gasteiger partial charge on any atom is 0.225 e. The summed E-state index contributed by atoms with van der Waals surface area (Å²) in [6.07, 6.45) is 2.10. The molecule has 1 aliphatic rings. The van der Waals surface area contributed by atoms with E-state index >= 15 is 0 Å². The van der Waals surface area contributed by atoms with Gasteiger partial charge in [0.2, 0.25) is 11.8 Å².